The molecule has 0 spiro atoms. The first-order valence-electron chi connectivity index (χ1n) is 9.06. The quantitative estimate of drug-likeness (QED) is 0.480. The van der Waals surface area contributed by atoms with Crippen molar-refractivity contribution in [2.24, 2.45) is 0 Å². The predicted octanol–water partition coefficient (Wildman–Crippen LogP) is 0.413. The van der Waals surface area contributed by atoms with Crippen molar-refractivity contribution in [1.29, 1.82) is 0 Å². The summed E-state index contributed by atoms with van der Waals surface area (Å²) in [4.78, 5) is 48.9. The van der Waals surface area contributed by atoms with Gasteiger partial charge in [-0.3, -0.25) is 34.8 Å². The summed E-state index contributed by atoms with van der Waals surface area (Å²) in [5, 5.41) is 6.67. The molecule has 0 saturated carbocycles. The van der Waals surface area contributed by atoms with Crippen molar-refractivity contribution in [2.45, 2.75) is 32.4 Å². The number of hydrogen-bond acceptors (Lipinski definition) is 5. The van der Waals surface area contributed by atoms with E-state index in [4.69, 9.17) is 0 Å². The Hall–Kier alpha value is -3.69. The van der Waals surface area contributed by atoms with E-state index in [-0.39, 0.29) is 18.5 Å². The lowest BCUT2D eigenvalue weighted by Crippen LogP contribution is -2.44. The highest BCUT2D eigenvalue weighted by atomic mass is 16.2. The fourth-order valence-corrected chi connectivity index (χ4v) is 2.83. The van der Waals surface area contributed by atoms with Gasteiger partial charge in [-0.2, -0.15) is 5.10 Å². The van der Waals surface area contributed by atoms with Crippen molar-refractivity contribution in [3.63, 3.8) is 0 Å². The van der Waals surface area contributed by atoms with E-state index in [0.717, 1.165) is 10.5 Å². The maximum atomic E-state index is 12.2. The number of imide groups is 1. The van der Waals surface area contributed by atoms with E-state index in [1.807, 2.05) is 30.3 Å². The topological polar surface area (TPSA) is 125 Å². The third kappa shape index (κ3) is 4.78. The molecule has 29 heavy (non-hydrogen) atoms. The van der Waals surface area contributed by atoms with Gasteiger partial charge in [0.15, 0.2) is 0 Å². The molecule has 1 aromatic heterocycles. The number of hydrazine groups is 1. The monoisotopic (exact) mass is 398 g/mol. The summed E-state index contributed by atoms with van der Waals surface area (Å²) >= 11 is 0. The van der Waals surface area contributed by atoms with Gasteiger partial charge in [-0.15, -0.1) is 0 Å². The van der Waals surface area contributed by atoms with Gasteiger partial charge in [0, 0.05) is 19.2 Å². The Labute approximate surface area is 167 Å². The molecule has 152 valence electrons. The molecule has 2 aromatic rings. The molecule has 10 heteroatoms. The molecular formula is C19H22N6O4. The summed E-state index contributed by atoms with van der Waals surface area (Å²) in [6.07, 6.45) is 2.84. The third-order valence-corrected chi connectivity index (χ3v) is 4.41. The van der Waals surface area contributed by atoms with Gasteiger partial charge in [0.2, 0.25) is 5.91 Å². The highest BCUT2D eigenvalue weighted by molar-refractivity contribution is 6.06. The van der Waals surface area contributed by atoms with Crippen LogP contribution in [0, 0.1) is 0 Å². The van der Waals surface area contributed by atoms with Gasteiger partial charge >= 0.3 is 6.03 Å². The number of rotatable bonds is 6. The number of nitrogens with one attached hydrogen (secondary N) is 3. The molecule has 3 rings (SSSR count). The SMILES string of the molecule is CC1(C)NC(=O)N(CCC(=O)NNC(=O)c2cnn(Cc3ccccc3)c2)C1=O. The van der Waals surface area contributed by atoms with Crippen LogP contribution in [0.2, 0.25) is 0 Å². The van der Waals surface area contributed by atoms with Crippen LogP contribution in [0.5, 0.6) is 0 Å². The second-order valence-electron chi connectivity index (χ2n) is 7.18. The maximum absolute atomic E-state index is 12.2. The Kier molecular flexibility index (Phi) is 5.62. The van der Waals surface area contributed by atoms with Gasteiger partial charge in [-0.05, 0) is 19.4 Å². The van der Waals surface area contributed by atoms with Crippen molar-refractivity contribution in [1.82, 2.24) is 30.8 Å². The molecule has 0 bridgehead atoms. The average Bonchev–Trinajstić information content (AvgIpc) is 3.22. The molecule has 1 saturated heterocycles. The Morgan fingerprint density at radius 3 is 2.52 bits per heavy atom. The van der Waals surface area contributed by atoms with E-state index in [1.54, 1.807) is 24.7 Å². The van der Waals surface area contributed by atoms with Gasteiger partial charge in [-0.1, -0.05) is 30.3 Å². The summed E-state index contributed by atoms with van der Waals surface area (Å²) in [6.45, 7) is 3.62. The highest BCUT2D eigenvalue weighted by Gasteiger charge is 2.43. The Balaban J connectivity index is 1.45. The zero-order chi connectivity index (χ0) is 21.0. The molecule has 10 nitrogen and oxygen atoms in total. The van der Waals surface area contributed by atoms with E-state index < -0.39 is 29.3 Å². The lowest BCUT2D eigenvalue weighted by molar-refractivity contribution is -0.130. The fourth-order valence-electron chi connectivity index (χ4n) is 2.83. The molecule has 0 unspecified atom stereocenters. The summed E-state index contributed by atoms with van der Waals surface area (Å²) in [5.41, 5.74) is 4.91. The molecule has 5 amide bonds. The Morgan fingerprint density at radius 2 is 1.86 bits per heavy atom. The van der Waals surface area contributed by atoms with E-state index in [1.165, 1.54) is 6.20 Å². The van der Waals surface area contributed by atoms with E-state index in [0.29, 0.717) is 6.54 Å². The summed E-state index contributed by atoms with van der Waals surface area (Å²) in [5.74, 6) is -1.45. The van der Waals surface area contributed by atoms with Crippen LogP contribution in [-0.4, -0.2) is 50.5 Å². The summed E-state index contributed by atoms with van der Waals surface area (Å²) in [7, 11) is 0. The number of carbonyl (C=O) groups excluding carboxylic acids is 4. The molecule has 3 N–H and O–H groups in total. The molecule has 1 fully saturated rings. The average molecular weight is 398 g/mol. The van der Waals surface area contributed by atoms with Crippen molar-refractivity contribution in [3.8, 4) is 0 Å². The second kappa shape index (κ2) is 8.13. The lowest BCUT2D eigenvalue weighted by Gasteiger charge is -2.15. The maximum Gasteiger partial charge on any atom is 0.325 e. The van der Waals surface area contributed by atoms with Crippen LogP contribution in [0.15, 0.2) is 42.7 Å². The molecular weight excluding hydrogens is 376 g/mol. The lowest BCUT2D eigenvalue weighted by atomic mass is 10.1. The van der Waals surface area contributed by atoms with Gasteiger partial charge in [0.05, 0.1) is 18.3 Å². The van der Waals surface area contributed by atoms with E-state index in [9.17, 15) is 19.2 Å². The number of amides is 5. The zero-order valence-electron chi connectivity index (χ0n) is 16.1. The van der Waals surface area contributed by atoms with Crippen LogP contribution >= 0.6 is 0 Å². The molecule has 2 heterocycles. The minimum absolute atomic E-state index is 0.0786. The number of aromatic nitrogens is 2. The zero-order valence-corrected chi connectivity index (χ0v) is 16.1. The second-order valence-corrected chi connectivity index (χ2v) is 7.18. The van der Waals surface area contributed by atoms with Crippen molar-refractivity contribution >= 4 is 23.8 Å². The predicted molar refractivity (Wildman–Crippen MR) is 102 cm³/mol. The molecule has 1 aliphatic rings. The fraction of sp³-hybridized carbons (Fsp3) is 0.316. The van der Waals surface area contributed by atoms with Crippen molar-refractivity contribution in [2.75, 3.05) is 6.54 Å². The standard InChI is InChI=1S/C19H22N6O4/c1-19(2)17(28)25(18(29)21-19)9-8-15(26)22-23-16(27)14-10-20-24(12-14)11-13-6-4-3-5-7-13/h3-7,10,12H,8-9,11H2,1-2H3,(H,21,29)(H,22,26)(H,23,27). The third-order valence-electron chi connectivity index (χ3n) is 4.41. The number of benzene rings is 1. The summed E-state index contributed by atoms with van der Waals surface area (Å²) in [6, 6.07) is 9.12. The largest absolute Gasteiger partial charge is 0.325 e. The van der Waals surface area contributed by atoms with Crippen LogP contribution in [0.25, 0.3) is 0 Å². The van der Waals surface area contributed by atoms with Gasteiger partial charge in [-0.25, -0.2) is 4.79 Å². The molecule has 1 aliphatic heterocycles. The Bertz CT molecular complexity index is 937. The van der Waals surface area contributed by atoms with E-state index >= 15 is 0 Å². The van der Waals surface area contributed by atoms with Gasteiger partial charge < -0.3 is 5.32 Å². The normalized spacial score (nSPS) is 15.2. The molecule has 1 aromatic carbocycles. The smallest absolute Gasteiger partial charge is 0.324 e. The minimum Gasteiger partial charge on any atom is -0.324 e. The highest BCUT2D eigenvalue weighted by Crippen LogP contribution is 2.16. The first kappa shape index (κ1) is 20.1. The molecule has 0 atom stereocenters. The molecule has 0 radical (unpaired) electrons. The van der Waals surface area contributed by atoms with Crippen LogP contribution in [0.3, 0.4) is 0 Å². The van der Waals surface area contributed by atoms with Crippen LogP contribution in [-0.2, 0) is 16.1 Å². The number of hydrogen-bond donors (Lipinski definition) is 3. The first-order chi connectivity index (χ1) is 13.8. The Morgan fingerprint density at radius 1 is 1.14 bits per heavy atom. The van der Waals surface area contributed by atoms with Crippen LogP contribution < -0.4 is 16.2 Å². The summed E-state index contributed by atoms with van der Waals surface area (Å²) < 4.78 is 1.62. The van der Waals surface area contributed by atoms with Gasteiger partial charge in [0.25, 0.3) is 11.8 Å². The first-order valence-corrected chi connectivity index (χ1v) is 9.06. The van der Waals surface area contributed by atoms with Crippen LogP contribution in [0.4, 0.5) is 4.79 Å². The van der Waals surface area contributed by atoms with Crippen molar-refractivity contribution in [3.05, 3.63) is 53.9 Å². The van der Waals surface area contributed by atoms with E-state index in [2.05, 4.69) is 21.3 Å². The number of nitrogens with zero attached hydrogens (tertiary/aromatic N) is 3. The molecule has 0 aliphatic carbocycles. The number of urea groups is 1. The minimum atomic E-state index is -0.984. The van der Waals surface area contributed by atoms with Crippen molar-refractivity contribution < 1.29 is 19.2 Å². The number of carbonyl (C=O) groups is 4. The van der Waals surface area contributed by atoms with Gasteiger partial charge in [0.1, 0.15) is 5.54 Å². The van der Waals surface area contributed by atoms with Crippen LogP contribution in [0.1, 0.15) is 36.2 Å².